The molecule has 1 aromatic carbocycles. The first-order valence-corrected chi connectivity index (χ1v) is 7.33. The van der Waals surface area contributed by atoms with Gasteiger partial charge in [0, 0.05) is 10.8 Å². The molecule has 0 bridgehead atoms. The Morgan fingerprint density at radius 1 is 1.10 bits per heavy atom. The Hall–Kier alpha value is -1.62. The number of pyridine rings is 1. The molecule has 2 rings (SSSR count). The van der Waals surface area contributed by atoms with E-state index in [9.17, 15) is 9.59 Å². The highest BCUT2D eigenvalue weighted by Crippen LogP contribution is 2.24. The topological polar surface area (TPSA) is 59.2 Å². The fraction of sp³-hybridized carbons (Fsp3) is 0.333. The van der Waals surface area contributed by atoms with Crippen LogP contribution in [0.4, 0.5) is 0 Å². The third-order valence-corrected chi connectivity index (χ3v) is 3.08. The zero-order valence-electron chi connectivity index (χ0n) is 12.4. The fourth-order valence-electron chi connectivity index (χ4n) is 1.49. The second-order valence-corrected chi connectivity index (χ2v) is 3.97. The smallest absolute Gasteiger partial charge is 0.355 e. The van der Waals surface area contributed by atoms with Crippen LogP contribution in [0.5, 0.6) is 0 Å². The average Bonchev–Trinajstić information content (AvgIpc) is 2.54. The molecule has 0 saturated heterocycles. The van der Waals surface area contributed by atoms with Gasteiger partial charge >= 0.3 is 5.97 Å². The molecule has 0 aliphatic heterocycles. The van der Waals surface area contributed by atoms with Crippen molar-refractivity contribution in [2.75, 3.05) is 7.11 Å². The predicted octanol–water partition coefficient (Wildman–Crippen LogP) is 4.13. The first-order valence-electron chi connectivity index (χ1n) is 6.54. The standard InChI is InChI=1S/C11H8BrNO3.2C2H6/c1-16-11(15)9-8(12)6-4-2-3-5-7(6)10(14)13-9;2*1-2/h2-5H,1H3,(H,13,14);2*1-2H3. The molecule has 4 nitrogen and oxygen atoms in total. The van der Waals surface area contributed by atoms with Crippen LogP contribution in [0.15, 0.2) is 33.5 Å². The molecule has 1 heterocycles. The zero-order valence-corrected chi connectivity index (χ0v) is 14.0. The number of fused-ring (bicyclic) bond motifs is 1. The number of hydrogen-bond donors (Lipinski definition) is 1. The molecule has 0 aliphatic carbocycles. The highest BCUT2D eigenvalue weighted by molar-refractivity contribution is 9.10. The van der Waals surface area contributed by atoms with Gasteiger partial charge in [0.25, 0.3) is 5.56 Å². The van der Waals surface area contributed by atoms with Crippen LogP contribution in [0.25, 0.3) is 10.8 Å². The molecular weight excluding hydrogens is 322 g/mol. The third kappa shape index (κ3) is 3.93. The quantitative estimate of drug-likeness (QED) is 0.793. The van der Waals surface area contributed by atoms with E-state index in [1.54, 1.807) is 24.3 Å². The number of aromatic nitrogens is 1. The van der Waals surface area contributed by atoms with Crippen LogP contribution < -0.4 is 5.56 Å². The number of nitrogens with one attached hydrogen (secondary N) is 1. The summed E-state index contributed by atoms with van der Waals surface area (Å²) < 4.78 is 5.12. The fourth-order valence-corrected chi connectivity index (χ4v) is 2.09. The van der Waals surface area contributed by atoms with Gasteiger partial charge in [-0.2, -0.15) is 0 Å². The van der Waals surface area contributed by atoms with Gasteiger partial charge in [-0.05, 0) is 22.0 Å². The summed E-state index contributed by atoms with van der Waals surface area (Å²) in [6, 6.07) is 7.02. The van der Waals surface area contributed by atoms with Crippen molar-refractivity contribution in [3.05, 3.63) is 44.8 Å². The number of carbonyl (C=O) groups is 1. The monoisotopic (exact) mass is 341 g/mol. The first kappa shape index (κ1) is 18.4. The number of aromatic amines is 1. The molecule has 0 aliphatic rings. The molecule has 20 heavy (non-hydrogen) atoms. The molecule has 5 heteroatoms. The Morgan fingerprint density at radius 2 is 1.60 bits per heavy atom. The number of methoxy groups -OCH3 is 1. The summed E-state index contributed by atoms with van der Waals surface area (Å²) >= 11 is 3.29. The number of esters is 1. The molecule has 0 spiro atoms. The minimum absolute atomic E-state index is 0.131. The molecule has 0 atom stereocenters. The SMILES string of the molecule is CC.CC.COC(=O)c1[nH]c(=O)c2ccccc2c1Br. The number of benzene rings is 1. The Kier molecular flexibility index (Phi) is 8.56. The van der Waals surface area contributed by atoms with Gasteiger partial charge in [0.2, 0.25) is 0 Å². The lowest BCUT2D eigenvalue weighted by molar-refractivity contribution is 0.0593. The van der Waals surface area contributed by atoms with Crippen LogP contribution in [0.2, 0.25) is 0 Å². The van der Waals surface area contributed by atoms with Gasteiger partial charge in [0.1, 0.15) is 5.69 Å². The van der Waals surface area contributed by atoms with Crippen molar-refractivity contribution in [1.29, 1.82) is 0 Å². The van der Waals surface area contributed by atoms with Crippen LogP contribution in [0, 0.1) is 0 Å². The second kappa shape index (κ2) is 9.31. The van der Waals surface area contributed by atoms with E-state index in [0.29, 0.717) is 15.2 Å². The summed E-state index contributed by atoms with van der Waals surface area (Å²) in [5.74, 6) is -0.574. The van der Waals surface area contributed by atoms with Gasteiger partial charge in [0.05, 0.1) is 11.6 Å². The molecule has 0 unspecified atom stereocenters. The molecule has 0 fully saturated rings. The molecule has 0 radical (unpaired) electrons. The highest BCUT2D eigenvalue weighted by atomic mass is 79.9. The number of halogens is 1. The van der Waals surface area contributed by atoms with E-state index < -0.39 is 5.97 Å². The van der Waals surface area contributed by atoms with E-state index in [-0.39, 0.29) is 11.3 Å². The van der Waals surface area contributed by atoms with Crippen LogP contribution in [0.1, 0.15) is 38.2 Å². The zero-order chi connectivity index (χ0) is 15.7. The van der Waals surface area contributed by atoms with E-state index in [2.05, 4.69) is 25.7 Å². The highest BCUT2D eigenvalue weighted by Gasteiger charge is 2.15. The maximum atomic E-state index is 11.7. The van der Waals surface area contributed by atoms with Gasteiger partial charge < -0.3 is 9.72 Å². The third-order valence-electron chi connectivity index (χ3n) is 2.26. The number of H-pyrrole nitrogens is 1. The first-order chi connectivity index (χ1) is 9.65. The van der Waals surface area contributed by atoms with Crippen molar-refractivity contribution in [1.82, 2.24) is 4.98 Å². The largest absolute Gasteiger partial charge is 0.464 e. The van der Waals surface area contributed by atoms with Crippen molar-refractivity contribution in [2.45, 2.75) is 27.7 Å². The van der Waals surface area contributed by atoms with E-state index in [1.807, 2.05) is 27.7 Å². The summed E-state index contributed by atoms with van der Waals surface area (Å²) in [4.78, 5) is 25.6. The predicted molar refractivity (Wildman–Crippen MR) is 86.3 cm³/mol. The number of hydrogen-bond acceptors (Lipinski definition) is 3. The lowest BCUT2D eigenvalue weighted by Crippen LogP contribution is -2.15. The van der Waals surface area contributed by atoms with E-state index in [0.717, 1.165) is 0 Å². The lowest BCUT2D eigenvalue weighted by atomic mass is 10.1. The molecule has 1 aromatic heterocycles. The average molecular weight is 342 g/mol. The minimum atomic E-state index is -0.574. The Labute approximate surface area is 127 Å². The molecule has 0 saturated carbocycles. The summed E-state index contributed by atoms with van der Waals surface area (Å²) in [5.41, 5.74) is -0.176. The van der Waals surface area contributed by atoms with E-state index in [4.69, 9.17) is 0 Å². The van der Waals surface area contributed by atoms with Crippen molar-refractivity contribution in [3.8, 4) is 0 Å². The Morgan fingerprint density at radius 3 is 2.10 bits per heavy atom. The minimum Gasteiger partial charge on any atom is -0.464 e. The van der Waals surface area contributed by atoms with E-state index in [1.165, 1.54) is 7.11 Å². The number of rotatable bonds is 1. The van der Waals surface area contributed by atoms with Crippen molar-refractivity contribution < 1.29 is 9.53 Å². The van der Waals surface area contributed by atoms with Gasteiger partial charge in [-0.25, -0.2) is 4.79 Å². The van der Waals surface area contributed by atoms with Crippen molar-refractivity contribution in [2.24, 2.45) is 0 Å². The molecule has 2 aromatic rings. The molecule has 110 valence electrons. The van der Waals surface area contributed by atoms with Gasteiger partial charge in [0.15, 0.2) is 0 Å². The lowest BCUT2D eigenvalue weighted by Gasteiger charge is -2.05. The summed E-state index contributed by atoms with van der Waals surface area (Å²) in [5, 5.41) is 1.22. The van der Waals surface area contributed by atoms with Crippen molar-refractivity contribution >= 4 is 32.7 Å². The summed E-state index contributed by atoms with van der Waals surface area (Å²) in [7, 11) is 1.27. The Balaban J connectivity index is 0.000000829. The normalized spacial score (nSPS) is 8.90. The molecule has 0 amide bonds. The number of carbonyl (C=O) groups excluding carboxylic acids is 1. The maximum Gasteiger partial charge on any atom is 0.355 e. The molecular formula is C15H20BrNO3. The van der Waals surface area contributed by atoms with Crippen molar-refractivity contribution in [3.63, 3.8) is 0 Å². The van der Waals surface area contributed by atoms with Gasteiger partial charge in [-0.3, -0.25) is 4.79 Å². The maximum absolute atomic E-state index is 11.7. The summed E-state index contributed by atoms with van der Waals surface area (Å²) in [6.07, 6.45) is 0. The summed E-state index contributed by atoms with van der Waals surface area (Å²) in [6.45, 7) is 8.00. The van der Waals surface area contributed by atoms with Crippen LogP contribution >= 0.6 is 15.9 Å². The molecule has 1 N–H and O–H groups in total. The number of ether oxygens (including phenoxy) is 1. The Bertz CT molecular complexity index is 620. The second-order valence-electron chi connectivity index (χ2n) is 3.18. The van der Waals surface area contributed by atoms with E-state index >= 15 is 0 Å². The van der Waals surface area contributed by atoms with Crippen LogP contribution in [-0.4, -0.2) is 18.1 Å². The van der Waals surface area contributed by atoms with Crippen LogP contribution in [-0.2, 0) is 4.74 Å². The van der Waals surface area contributed by atoms with Gasteiger partial charge in [-0.15, -0.1) is 0 Å². The van der Waals surface area contributed by atoms with Gasteiger partial charge in [-0.1, -0.05) is 45.9 Å². The van der Waals surface area contributed by atoms with Crippen LogP contribution in [0.3, 0.4) is 0 Å².